The molecule has 3 rings (SSSR count). The maximum atomic E-state index is 13.1. The molecule has 0 spiro atoms. The highest BCUT2D eigenvalue weighted by atomic mass is 19.1. The van der Waals surface area contributed by atoms with Gasteiger partial charge in [0, 0.05) is 23.1 Å². The molecule has 5 heteroatoms. The molecule has 0 aromatic heterocycles. The number of hydrogen-bond donors (Lipinski definition) is 2. The first-order valence-corrected chi connectivity index (χ1v) is 6.22. The van der Waals surface area contributed by atoms with Crippen LogP contribution in [0.15, 0.2) is 48.0 Å². The molecule has 0 aliphatic carbocycles. The Balaban J connectivity index is 2.22. The van der Waals surface area contributed by atoms with Crippen LogP contribution >= 0.6 is 0 Å². The molecule has 0 amide bonds. The zero-order valence-corrected chi connectivity index (χ0v) is 10.8. The van der Waals surface area contributed by atoms with Crippen LogP contribution in [-0.2, 0) is 0 Å². The van der Waals surface area contributed by atoms with Gasteiger partial charge in [0.1, 0.15) is 17.3 Å². The first-order valence-electron chi connectivity index (χ1n) is 6.22. The van der Waals surface area contributed by atoms with Gasteiger partial charge in [-0.05, 0) is 23.8 Å². The summed E-state index contributed by atoms with van der Waals surface area (Å²) in [6.45, 7) is 0. The number of rotatable bonds is 1. The highest BCUT2D eigenvalue weighted by molar-refractivity contribution is 6.05. The fourth-order valence-corrected chi connectivity index (χ4v) is 2.42. The minimum absolute atomic E-state index is 0.0137. The number of phenols is 1. The van der Waals surface area contributed by atoms with Gasteiger partial charge in [0.2, 0.25) is 5.90 Å². The number of halogens is 1. The molecule has 2 N–H and O–H groups in total. The van der Waals surface area contributed by atoms with Crippen LogP contribution in [0.25, 0.3) is 5.41 Å². The van der Waals surface area contributed by atoms with Crippen molar-refractivity contribution in [1.82, 2.24) is 0 Å². The van der Waals surface area contributed by atoms with Crippen LogP contribution in [0.4, 0.5) is 4.39 Å². The Morgan fingerprint density at radius 3 is 2.57 bits per heavy atom. The predicted octanol–water partition coefficient (Wildman–Crippen LogP) is 3.20. The van der Waals surface area contributed by atoms with E-state index in [4.69, 9.17) is 10.1 Å². The van der Waals surface area contributed by atoms with Crippen molar-refractivity contribution in [2.45, 2.75) is 5.92 Å². The van der Waals surface area contributed by atoms with Crippen LogP contribution in [0, 0.1) is 11.2 Å². The summed E-state index contributed by atoms with van der Waals surface area (Å²) in [6, 6.07) is 10.3. The topological polar surface area (TPSA) is 75.6 Å². The normalized spacial score (nSPS) is 16.9. The van der Waals surface area contributed by atoms with E-state index in [-0.39, 0.29) is 23.0 Å². The van der Waals surface area contributed by atoms with E-state index >= 15 is 0 Å². The van der Waals surface area contributed by atoms with Gasteiger partial charge >= 0.3 is 0 Å². The highest BCUT2D eigenvalue weighted by Gasteiger charge is 2.30. The molecule has 0 saturated heterocycles. The first kappa shape index (κ1) is 13.1. The number of aromatic hydroxyl groups is 1. The van der Waals surface area contributed by atoms with E-state index in [0.29, 0.717) is 16.9 Å². The first-order chi connectivity index (χ1) is 10.1. The number of hydrogen-bond acceptors (Lipinski definition) is 3. The Morgan fingerprint density at radius 1 is 1.19 bits per heavy atom. The highest BCUT2D eigenvalue weighted by Crippen LogP contribution is 2.42. The van der Waals surface area contributed by atoms with Crippen LogP contribution in [-0.4, -0.2) is 16.9 Å². The maximum Gasteiger partial charge on any atom is 0.222 e. The maximum absolute atomic E-state index is 13.1. The summed E-state index contributed by atoms with van der Waals surface area (Å²) in [7, 11) is 0. The van der Waals surface area contributed by atoms with Crippen LogP contribution in [0.1, 0.15) is 17.0 Å². The molecule has 1 heterocycles. The Morgan fingerprint density at radius 2 is 1.90 bits per heavy atom. The molecule has 0 fully saturated rings. The number of benzene rings is 2. The van der Waals surface area contributed by atoms with Crippen molar-refractivity contribution < 1.29 is 14.2 Å². The Labute approximate surface area is 120 Å². The molecule has 1 aliphatic heterocycles. The largest absolute Gasteiger partial charge is 0.763 e. The summed E-state index contributed by atoms with van der Waals surface area (Å²) in [5.74, 6) is 1.19. The third-order valence-electron chi connectivity index (χ3n) is 3.38. The number of nitrogens with one attached hydrogen (secondary N) is 1. The van der Waals surface area contributed by atoms with E-state index in [0.717, 1.165) is 0 Å². The molecule has 0 radical (unpaired) electrons. The molecule has 4 nitrogen and oxygen atoms in total. The van der Waals surface area contributed by atoms with Gasteiger partial charge < -0.3 is 15.3 Å². The molecule has 1 unspecified atom stereocenters. The lowest BCUT2D eigenvalue weighted by atomic mass is 9.83. The lowest BCUT2D eigenvalue weighted by Gasteiger charge is -2.28. The Hall–Kier alpha value is -2.91. The number of nitrogens with zero attached hydrogens (tertiary/aromatic N) is 1. The standard InChI is InChI=1S/C16H10FN2O2/c17-10-3-1-9(2-4-10)15-12-6-5-11(20)7-14(12)21-16(19)13(15)8-18/h1-7,15,19-20H/q-1. The van der Waals surface area contributed by atoms with Gasteiger partial charge in [-0.15, -0.1) is 0 Å². The summed E-state index contributed by atoms with van der Waals surface area (Å²) in [6.07, 6.45) is 0. The third kappa shape index (κ3) is 2.20. The van der Waals surface area contributed by atoms with E-state index in [1.165, 1.54) is 24.3 Å². The van der Waals surface area contributed by atoms with Crippen molar-refractivity contribution in [3.05, 3.63) is 70.4 Å². The van der Waals surface area contributed by atoms with E-state index < -0.39 is 5.92 Å². The summed E-state index contributed by atoms with van der Waals surface area (Å²) in [5.41, 5.74) is 1.50. The van der Waals surface area contributed by atoms with Gasteiger partial charge in [-0.2, -0.15) is 0 Å². The molecule has 1 aliphatic rings. The van der Waals surface area contributed by atoms with Crippen LogP contribution < -0.4 is 4.74 Å². The quantitative estimate of drug-likeness (QED) is 0.787. The molecule has 0 bridgehead atoms. The van der Waals surface area contributed by atoms with Crippen LogP contribution in [0.2, 0.25) is 0 Å². The van der Waals surface area contributed by atoms with E-state index in [9.17, 15) is 14.9 Å². The van der Waals surface area contributed by atoms with Gasteiger partial charge in [-0.25, -0.2) is 4.39 Å². The second-order valence-corrected chi connectivity index (χ2v) is 4.66. The zero-order valence-electron chi connectivity index (χ0n) is 10.8. The summed E-state index contributed by atoms with van der Waals surface area (Å²) >= 11 is 0. The van der Waals surface area contributed by atoms with Gasteiger partial charge in [-0.1, -0.05) is 18.2 Å². The number of ether oxygens (including phenoxy) is 1. The lowest BCUT2D eigenvalue weighted by Crippen LogP contribution is -2.24. The molecule has 2 aromatic rings. The van der Waals surface area contributed by atoms with E-state index in [2.05, 4.69) is 0 Å². The van der Waals surface area contributed by atoms with Crippen molar-refractivity contribution in [1.29, 1.82) is 5.41 Å². The summed E-state index contributed by atoms with van der Waals surface area (Å²) in [4.78, 5) is 0. The molecule has 21 heavy (non-hydrogen) atoms. The second kappa shape index (κ2) is 4.89. The van der Waals surface area contributed by atoms with Crippen molar-refractivity contribution in [2.24, 2.45) is 0 Å². The monoisotopic (exact) mass is 281 g/mol. The number of fused-ring (bicyclic) bond motifs is 1. The summed E-state index contributed by atoms with van der Waals surface area (Å²) in [5, 5.41) is 26.6. The smallest absolute Gasteiger partial charge is 0.222 e. The van der Waals surface area contributed by atoms with Crippen molar-refractivity contribution in [2.75, 3.05) is 0 Å². The van der Waals surface area contributed by atoms with Gasteiger partial charge in [0.25, 0.3) is 0 Å². The van der Waals surface area contributed by atoms with Crippen molar-refractivity contribution in [3.63, 3.8) is 0 Å². The molecular formula is C16H10FN2O2-. The Kier molecular flexibility index (Phi) is 3.05. The van der Waals surface area contributed by atoms with Gasteiger partial charge in [0.05, 0.1) is 0 Å². The second-order valence-electron chi connectivity index (χ2n) is 4.66. The van der Waals surface area contributed by atoms with Gasteiger partial charge in [-0.3, -0.25) is 11.3 Å². The zero-order chi connectivity index (χ0) is 15.0. The van der Waals surface area contributed by atoms with Crippen molar-refractivity contribution in [3.8, 4) is 11.5 Å². The fraction of sp³-hybridized carbons (Fsp3) is 0.0625. The predicted molar refractivity (Wildman–Crippen MR) is 76.6 cm³/mol. The average molecular weight is 281 g/mol. The SMILES string of the molecule is [N-]=C=C1C(=N)Oc2cc(O)ccc2C1c1ccc(F)cc1. The van der Waals surface area contributed by atoms with Crippen molar-refractivity contribution >= 4 is 11.8 Å². The van der Waals surface area contributed by atoms with Crippen LogP contribution in [0.3, 0.4) is 0 Å². The molecular weight excluding hydrogens is 271 g/mol. The average Bonchev–Trinajstić information content (AvgIpc) is 2.46. The van der Waals surface area contributed by atoms with E-state index in [1.54, 1.807) is 18.2 Å². The Bertz CT molecular complexity index is 777. The van der Waals surface area contributed by atoms with Gasteiger partial charge in [0.15, 0.2) is 0 Å². The minimum Gasteiger partial charge on any atom is -0.763 e. The third-order valence-corrected chi connectivity index (χ3v) is 3.38. The molecule has 104 valence electrons. The fourth-order valence-electron chi connectivity index (χ4n) is 2.42. The lowest BCUT2D eigenvalue weighted by molar-refractivity contribution is 0.463. The van der Waals surface area contributed by atoms with Crippen LogP contribution in [0.5, 0.6) is 11.5 Å². The number of phenolic OH excluding ortho intramolecular Hbond substituents is 1. The molecule has 2 aromatic carbocycles. The summed E-state index contributed by atoms with van der Waals surface area (Å²) < 4.78 is 18.4. The minimum atomic E-state index is -0.507. The van der Waals surface area contributed by atoms with E-state index in [1.807, 2.05) is 5.87 Å². The molecule has 1 atom stereocenters. The molecule has 0 saturated carbocycles.